The van der Waals surface area contributed by atoms with Crippen LogP contribution in [0.4, 0.5) is 0 Å². The van der Waals surface area contributed by atoms with Crippen LogP contribution in [0.3, 0.4) is 0 Å². The van der Waals surface area contributed by atoms with E-state index in [0.29, 0.717) is 22.9 Å². The molecule has 0 atom stereocenters. The van der Waals surface area contributed by atoms with Crippen molar-refractivity contribution in [3.05, 3.63) is 72.3 Å². The monoisotopic (exact) mass is 376 g/mol. The first-order valence-corrected chi connectivity index (χ1v) is 8.52. The van der Waals surface area contributed by atoms with Gasteiger partial charge in [-0.3, -0.25) is 0 Å². The van der Waals surface area contributed by atoms with Gasteiger partial charge in [0, 0.05) is 23.8 Å². The van der Waals surface area contributed by atoms with Gasteiger partial charge < -0.3 is 18.4 Å². The number of hydrogen-bond donors (Lipinski definition) is 0. The minimum absolute atomic E-state index is 0.0279. The number of oxazole rings is 1. The van der Waals surface area contributed by atoms with Crippen molar-refractivity contribution < 1.29 is 23.2 Å². The summed E-state index contributed by atoms with van der Waals surface area (Å²) in [6.45, 7) is -0.0279. The Hall–Kier alpha value is -3.87. The molecule has 0 aliphatic carbocycles. The van der Waals surface area contributed by atoms with Crippen LogP contribution in [-0.2, 0) is 16.1 Å². The number of rotatable bonds is 6. The number of para-hydroxylation sites is 2. The average Bonchev–Trinajstić information content (AvgIpc) is 3.37. The summed E-state index contributed by atoms with van der Waals surface area (Å²) in [7, 11) is 1.61. The van der Waals surface area contributed by atoms with Crippen molar-refractivity contribution in [2.75, 3.05) is 7.11 Å². The van der Waals surface area contributed by atoms with E-state index in [2.05, 4.69) is 10.1 Å². The summed E-state index contributed by atoms with van der Waals surface area (Å²) in [6.07, 6.45) is 2.72. The maximum Gasteiger partial charge on any atom is 0.331 e. The highest BCUT2D eigenvalue weighted by Gasteiger charge is 2.09. The molecule has 140 valence electrons. The summed E-state index contributed by atoms with van der Waals surface area (Å²) in [5, 5.41) is 3.99. The fraction of sp³-hybridized carbons (Fsp3) is 0.0952. The van der Waals surface area contributed by atoms with Crippen LogP contribution in [0.2, 0.25) is 0 Å². The second kappa shape index (κ2) is 7.79. The lowest BCUT2D eigenvalue weighted by Gasteiger charge is -1.99. The van der Waals surface area contributed by atoms with Gasteiger partial charge in [-0.15, -0.1) is 0 Å². The molecule has 2 aromatic heterocycles. The standard InChI is InChI=1S/C21H16N2O5/c1-25-15-8-6-14(7-9-15)18-12-16(28-23-18)13-26-21(24)11-10-20-22-17-4-2-3-5-19(17)27-20/h2-12H,13H2,1H3/b11-10+. The number of ether oxygens (including phenoxy) is 2. The normalized spacial score (nSPS) is 11.2. The number of benzene rings is 2. The van der Waals surface area contributed by atoms with Crippen LogP contribution in [0.25, 0.3) is 28.4 Å². The third-order valence-corrected chi connectivity index (χ3v) is 3.97. The molecule has 0 saturated carbocycles. The number of carbonyl (C=O) groups excluding carboxylic acids is 1. The van der Waals surface area contributed by atoms with Gasteiger partial charge >= 0.3 is 5.97 Å². The van der Waals surface area contributed by atoms with Gasteiger partial charge in [-0.25, -0.2) is 9.78 Å². The fourth-order valence-electron chi connectivity index (χ4n) is 2.57. The number of hydrogen-bond acceptors (Lipinski definition) is 7. The highest BCUT2D eigenvalue weighted by molar-refractivity contribution is 5.86. The number of nitrogens with zero attached hydrogens (tertiary/aromatic N) is 2. The molecule has 0 amide bonds. The average molecular weight is 376 g/mol. The van der Waals surface area contributed by atoms with E-state index in [1.807, 2.05) is 48.5 Å². The van der Waals surface area contributed by atoms with Crippen molar-refractivity contribution in [3.63, 3.8) is 0 Å². The zero-order valence-electron chi connectivity index (χ0n) is 15.0. The third-order valence-electron chi connectivity index (χ3n) is 3.97. The number of aromatic nitrogens is 2. The summed E-state index contributed by atoms with van der Waals surface area (Å²) < 4.78 is 21.0. The molecule has 0 radical (unpaired) electrons. The maximum atomic E-state index is 11.9. The van der Waals surface area contributed by atoms with Crippen LogP contribution in [0.1, 0.15) is 11.7 Å². The predicted octanol–water partition coefficient (Wildman–Crippen LogP) is 4.25. The van der Waals surface area contributed by atoms with Crippen molar-refractivity contribution in [3.8, 4) is 17.0 Å². The molecule has 0 spiro atoms. The molecular formula is C21H16N2O5. The molecule has 0 aliphatic heterocycles. The quantitative estimate of drug-likeness (QED) is 0.367. The van der Waals surface area contributed by atoms with Gasteiger partial charge in [0.1, 0.15) is 17.0 Å². The third kappa shape index (κ3) is 3.93. The first-order chi connectivity index (χ1) is 13.7. The molecule has 4 aromatic rings. The van der Waals surface area contributed by atoms with Crippen LogP contribution >= 0.6 is 0 Å². The lowest BCUT2D eigenvalue weighted by molar-refractivity contribution is -0.139. The van der Waals surface area contributed by atoms with Crippen LogP contribution in [-0.4, -0.2) is 23.2 Å². The molecule has 0 saturated heterocycles. The SMILES string of the molecule is COc1ccc(-c2cc(COC(=O)/C=C/c3nc4ccccc4o3)on2)cc1. The Morgan fingerprint density at radius 1 is 1.14 bits per heavy atom. The Kier molecular flexibility index (Phi) is 4.88. The second-order valence-electron chi connectivity index (χ2n) is 5.87. The van der Waals surface area contributed by atoms with E-state index in [-0.39, 0.29) is 6.61 Å². The van der Waals surface area contributed by atoms with Crippen LogP contribution in [0.5, 0.6) is 5.75 Å². The maximum absolute atomic E-state index is 11.9. The number of fused-ring (bicyclic) bond motifs is 1. The van der Waals surface area contributed by atoms with Crippen molar-refractivity contribution in [2.45, 2.75) is 6.61 Å². The summed E-state index contributed by atoms with van der Waals surface area (Å²) in [5.41, 5.74) is 2.90. The molecule has 0 aliphatic rings. The molecular weight excluding hydrogens is 360 g/mol. The fourth-order valence-corrected chi connectivity index (χ4v) is 2.57. The van der Waals surface area contributed by atoms with E-state index in [0.717, 1.165) is 16.8 Å². The number of esters is 1. The van der Waals surface area contributed by atoms with Crippen LogP contribution < -0.4 is 4.74 Å². The lowest BCUT2D eigenvalue weighted by atomic mass is 10.1. The predicted molar refractivity (Wildman–Crippen MR) is 101 cm³/mol. The molecule has 0 bridgehead atoms. The molecule has 28 heavy (non-hydrogen) atoms. The highest BCUT2D eigenvalue weighted by Crippen LogP contribution is 2.22. The van der Waals surface area contributed by atoms with E-state index < -0.39 is 5.97 Å². The lowest BCUT2D eigenvalue weighted by Crippen LogP contribution is -1.99. The highest BCUT2D eigenvalue weighted by atomic mass is 16.5. The zero-order valence-corrected chi connectivity index (χ0v) is 15.0. The van der Waals surface area contributed by atoms with Gasteiger partial charge in [0.05, 0.1) is 7.11 Å². The minimum Gasteiger partial charge on any atom is -0.497 e. The summed E-state index contributed by atoms with van der Waals surface area (Å²) in [6, 6.07) is 16.5. The van der Waals surface area contributed by atoms with Gasteiger partial charge in [-0.1, -0.05) is 17.3 Å². The van der Waals surface area contributed by atoms with E-state index in [1.54, 1.807) is 13.2 Å². The van der Waals surface area contributed by atoms with E-state index in [9.17, 15) is 4.79 Å². The smallest absolute Gasteiger partial charge is 0.331 e. The first kappa shape index (κ1) is 17.5. The van der Waals surface area contributed by atoms with Crippen molar-refractivity contribution in [2.24, 2.45) is 0 Å². The Morgan fingerprint density at radius 2 is 1.96 bits per heavy atom. The molecule has 2 aromatic carbocycles. The Balaban J connectivity index is 1.35. The number of carbonyl (C=O) groups is 1. The molecule has 7 nitrogen and oxygen atoms in total. The first-order valence-electron chi connectivity index (χ1n) is 8.52. The van der Waals surface area contributed by atoms with E-state index in [1.165, 1.54) is 12.2 Å². The topological polar surface area (TPSA) is 87.6 Å². The second-order valence-corrected chi connectivity index (χ2v) is 5.87. The van der Waals surface area contributed by atoms with Gasteiger partial charge in [0.15, 0.2) is 18.0 Å². The zero-order chi connectivity index (χ0) is 19.3. The van der Waals surface area contributed by atoms with Gasteiger partial charge in [-0.05, 0) is 36.4 Å². The van der Waals surface area contributed by atoms with Gasteiger partial charge in [0.2, 0.25) is 5.89 Å². The van der Waals surface area contributed by atoms with Gasteiger partial charge in [-0.2, -0.15) is 0 Å². The largest absolute Gasteiger partial charge is 0.497 e. The molecule has 2 heterocycles. The summed E-state index contributed by atoms with van der Waals surface area (Å²) in [4.78, 5) is 16.2. The van der Waals surface area contributed by atoms with Crippen LogP contribution in [0, 0.1) is 0 Å². The summed E-state index contributed by atoms with van der Waals surface area (Å²) >= 11 is 0. The molecule has 7 heteroatoms. The Bertz CT molecular complexity index is 1090. The molecule has 0 N–H and O–H groups in total. The molecule has 0 fully saturated rings. The Morgan fingerprint density at radius 3 is 2.75 bits per heavy atom. The van der Waals surface area contributed by atoms with Crippen molar-refractivity contribution in [1.29, 1.82) is 0 Å². The van der Waals surface area contributed by atoms with Crippen molar-refractivity contribution >= 4 is 23.1 Å². The molecule has 0 unspecified atom stereocenters. The van der Waals surface area contributed by atoms with E-state index in [4.69, 9.17) is 18.4 Å². The molecule has 4 rings (SSSR count). The number of methoxy groups -OCH3 is 1. The van der Waals surface area contributed by atoms with Crippen molar-refractivity contribution in [1.82, 2.24) is 10.1 Å². The van der Waals surface area contributed by atoms with Crippen LogP contribution in [0.15, 0.2) is 69.6 Å². The van der Waals surface area contributed by atoms with E-state index >= 15 is 0 Å². The van der Waals surface area contributed by atoms with Gasteiger partial charge in [0.25, 0.3) is 0 Å². The Labute approximate surface area is 160 Å². The minimum atomic E-state index is -0.537. The summed E-state index contributed by atoms with van der Waals surface area (Å²) in [5.74, 6) is 0.991.